The number of carbonyl (C=O) groups excluding carboxylic acids is 3. The number of nitrogens with one attached hydrogen (secondary N) is 6. The largest absolute Gasteiger partial charge is 0.444 e. The van der Waals surface area contributed by atoms with Crippen LogP contribution < -0.4 is 21.6 Å². The van der Waals surface area contributed by atoms with E-state index in [4.69, 9.17) is 9.72 Å². The highest BCUT2D eigenvalue weighted by Crippen LogP contribution is 2.31. The number of hydrogen-bond acceptors (Lipinski definition) is 6. The molecule has 0 radical (unpaired) electrons. The Kier molecular flexibility index (Phi) is 10.5. The first-order valence-corrected chi connectivity index (χ1v) is 18.1. The highest BCUT2D eigenvalue weighted by Gasteiger charge is 2.30. The summed E-state index contributed by atoms with van der Waals surface area (Å²) in [5.74, 6) is 0.740. The molecule has 0 saturated heterocycles. The van der Waals surface area contributed by atoms with Crippen molar-refractivity contribution in [2.24, 2.45) is 11.8 Å². The highest BCUT2D eigenvalue weighted by molar-refractivity contribution is 5.99. The monoisotopic (exact) mass is 707 g/mol. The quantitative estimate of drug-likeness (QED) is 0.0928. The van der Waals surface area contributed by atoms with Crippen LogP contribution in [0.25, 0.3) is 33.2 Å². The normalized spacial score (nSPS) is 16.9. The molecule has 2 aromatic heterocycles. The summed E-state index contributed by atoms with van der Waals surface area (Å²) in [6.45, 7) is 12.3. The number of ether oxygens (including phenoxy) is 1. The van der Waals surface area contributed by atoms with Crippen molar-refractivity contribution in [3.05, 3.63) is 82.0 Å². The van der Waals surface area contributed by atoms with Crippen molar-refractivity contribution >= 4 is 45.7 Å². The van der Waals surface area contributed by atoms with Gasteiger partial charge in [-0.3, -0.25) is 9.59 Å². The van der Waals surface area contributed by atoms with Gasteiger partial charge in [0.2, 0.25) is 11.8 Å². The van der Waals surface area contributed by atoms with Gasteiger partial charge in [0.15, 0.2) is 0 Å². The van der Waals surface area contributed by atoms with Gasteiger partial charge in [0.25, 0.3) is 0 Å². The molecule has 12 heteroatoms. The number of rotatable bonds is 10. The zero-order valence-corrected chi connectivity index (χ0v) is 30.7. The van der Waals surface area contributed by atoms with Crippen molar-refractivity contribution in [2.45, 2.75) is 91.2 Å². The molecule has 52 heavy (non-hydrogen) atoms. The predicted molar refractivity (Wildman–Crippen MR) is 203 cm³/mol. The van der Waals surface area contributed by atoms with Crippen LogP contribution >= 0.6 is 0 Å². The molecule has 1 atom stereocenters. The summed E-state index contributed by atoms with van der Waals surface area (Å²) in [7, 11) is 0. The minimum Gasteiger partial charge on any atom is -0.444 e. The number of H-pyrrole nitrogens is 3. The third-order valence-corrected chi connectivity index (χ3v) is 9.67. The number of alkyl carbamates (subject to hydrolysis) is 1. The Morgan fingerprint density at radius 2 is 1.62 bits per heavy atom. The minimum absolute atomic E-state index is 0.163. The van der Waals surface area contributed by atoms with E-state index in [2.05, 4.69) is 63.8 Å². The average molecular weight is 708 g/mol. The van der Waals surface area contributed by atoms with Crippen molar-refractivity contribution in [2.75, 3.05) is 11.9 Å². The lowest BCUT2D eigenvalue weighted by atomic mass is 9.81. The lowest BCUT2D eigenvalue weighted by Crippen LogP contribution is -2.48. The summed E-state index contributed by atoms with van der Waals surface area (Å²) < 4.78 is 5.35. The Bertz CT molecular complexity index is 2130. The molecular formula is C40H49N7O5. The maximum atomic E-state index is 13.8. The lowest BCUT2D eigenvalue weighted by Gasteiger charge is -2.29. The van der Waals surface area contributed by atoms with Crippen LogP contribution in [0.4, 0.5) is 10.5 Å². The Hall–Kier alpha value is -5.39. The summed E-state index contributed by atoms with van der Waals surface area (Å²) >= 11 is 0. The highest BCUT2D eigenvalue weighted by atomic mass is 16.6. The first kappa shape index (κ1) is 36.4. The van der Waals surface area contributed by atoms with Gasteiger partial charge in [0, 0.05) is 30.5 Å². The van der Waals surface area contributed by atoms with Gasteiger partial charge in [-0.25, -0.2) is 14.6 Å². The Balaban J connectivity index is 1.15. The molecule has 3 amide bonds. The number of imidazole rings is 2. The number of anilines is 1. The molecule has 1 aliphatic rings. The van der Waals surface area contributed by atoms with Crippen molar-refractivity contribution in [1.82, 2.24) is 30.6 Å². The van der Waals surface area contributed by atoms with Gasteiger partial charge in [0.1, 0.15) is 17.5 Å². The number of carbonyl (C=O) groups is 3. The van der Waals surface area contributed by atoms with Gasteiger partial charge in [-0.1, -0.05) is 38.1 Å². The molecule has 3 aromatic carbocycles. The number of benzene rings is 3. The fourth-order valence-electron chi connectivity index (χ4n) is 6.83. The molecule has 6 rings (SSSR count). The molecule has 6 N–H and O–H groups in total. The van der Waals surface area contributed by atoms with E-state index in [1.165, 1.54) is 0 Å². The molecule has 5 aromatic rings. The number of fused-ring (bicyclic) bond motifs is 2. The standard InChI is InChI=1S/C40H49N7O5/c1-22(2)35-43-31-17-23(3)29(20-33(31)44-35)26-11-7-24(8-12-26)18-34(37(49)42-28-15-16-30-32(19-28)47-38(50)46-30)45-36(48)27-13-9-25(10-14-27)21-41-39(51)52-40(4,5)6/h7-8,11-12,15-17,19-20,22,25,27,34H,9-10,13-14,18,21H2,1-6H3,(H,41,51)(H,42,49)(H,43,44)(H,45,48)(H2,46,47,50)/t25-,27-,34-/m0/s1. The fourth-order valence-corrected chi connectivity index (χ4v) is 6.83. The molecule has 1 saturated carbocycles. The molecule has 0 bridgehead atoms. The second-order valence-electron chi connectivity index (χ2n) is 15.4. The molecule has 1 fully saturated rings. The van der Waals surface area contributed by atoms with Crippen LogP contribution in [0.5, 0.6) is 0 Å². The molecule has 0 spiro atoms. The summed E-state index contributed by atoms with van der Waals surface area (Å²) in [5.41, 5.74) is 6.88. The van der Waals surface area contributed by atoms with Crippen molar-refractivity contribution in [3.8, 4) is 11.1 Å². The Morgan fingerprint density at radius 1 is 0.904 bits per heavy atom. The van der Waals surface area contributed by atoms with Crippen LogP contribution in [0.1, 0.15) is 83.2 Å². The SMILES string of the molecule is Cc1cc2[nH]c(C(C)C)nc2cc1-c1ccc(C[C@H](NC(=O)[C@H]2CC[C@H](CNC(=O)OC(C)(C)C)CC2)C(=O)Nc2ccc3[nH]c(=O)[nH]c3c2)cc1. The second kappa shape index (κ2) is 15.1. The zero-order valence-electron chi connectivity index (χ0n) is 30.7. The molecule has 12 nitrogen and oxygen atoms in total. The van der Waals surface area contributed by atoms with Gasteiger partial charge < -0.3 is 35.6 Å². The van der Waals surface area contributed by atoms with E-state index in [0.717, 1.165) is 52.0 Å². The van der Waals surface area contributed by atoms with Crippen LogP contribution in [-0.4, -0.2) is 56.0 Å². The number of aromatic nitrogens is 4. The first-order chi connectivity index (χ1) is 24.7. The third-order valence-electron chi connectivity index (χ3n) is 9.67. The van der Waals surface area contributed by atoms with E-state index < -0.39 is 17.7 Å². The molecule has 0 aliphatic heterocycles. The second-order valence-corrected chi connectivity index (χ2v) is 15.4. The van der Waals surface area contributed by atoms with Crippen molar-refractivity contribution < 1.29 is 19.1 Å². The topological polar surface area (TPSA) is 174 Å². The maximum absolute atomic E-state index is 13.8. The van der Waals surface area contributed by atoms with Crippen LogP contribution in [0, 0.1) is 18.8 Å². The van der Waals surface area contributed by atoms with E-state index in [9.17, 15) is 19.2 Å². The third kappa shape index (κ3) is 8.90. The van der Waals surface area contributed by atoms with Gasteiger partial charge in [-0.05, 0) is 112 Å². The number of aryl methyl sites for hydroxylation is 1. The lowest BCUT2D eigenvalue weighted by molar-refractivity contribution is -0.130. The van der Waals surface area contributed by atoms with E-state index in [1.807, 2.05) is 45.0 Å². The molecule has 274 valence electrons. The molecule has 1 aliphatic carbocycles. The number of amides is 3. The summed E-state index contributed by atoms with van der Waals surface area (Å²) in [6, 6.07) is 16.6. The summed E-state index contributed by atoms with van der Waals surface area (Å²) in [6.07, 6.45) is 2.72. The first-order valence-electron chi connectivity index (χ1n) is 18.1. The fraction of sp³-hybridized carbons (Fsp3) is 0.425. The van der Waals surface area contributed by atoms with E-state index in [1.54, 1.807) is 18.2 Å². The van der Waals surface area contributed by atoms with Gasteiger partial charge in [-0.2, -0.15) is 0 Å². The van der Waals surface area contributed by atoms with Gasteiger partial charge >= 0.3 is 11.8 Å². The number of hydrogen-bond donors (Lipinski definition) is 6. The molecule has 2 heterocycles. The Morgan fingerprint density at radius 3 is 2.31 bits per heavy atom. The van der Waals surface area contributed by atoms with E-state index in [-0.39, 0.29) is 35.8 Å². The zero-order chi connectivity index (χ0) is 37.2. The van der Waals surface area contributed by atoms with Crippen molar-refractivity contribution in [1.29, 1.82) is 0 Å². The molecular weight excluding hydrogens is 658 g/mol. The average Bonchev–Trinajstić information content (AvgIpc) is 3.68. The minimum atomic E-state index is -0.845. The molecule has 0 unspecified atom stereocenters. The summed E-state index contributed by atoms with van der Waals surface area (Å²) in [5, 5.41) is 8.85. The van der Waals surface area contributed by atoms with Crippen LogP contribution in [0.2, 0.25) is 0 Å². The smallest absolute Gasteiger partial charge is 0.407 e. The maximum Gasteiger partial charge on any atom is 0.407 e. The van der Waals surface area contributed by atoms with Gasteiger partial charge in [0.05, 0.1) is 22.1 Å². The van der Waals surface area contributed by atoms with Crippen molar-refractivity contribution in [3.63, 3.8) is 0 Å². The van der Waals surface area contributed by atoms with Crippen LogP contribution in [0.3, 0.4) is 0 Å². The Labute approximate surface area is 302 Å². The van der Waals surface area contributed by atoms with E-state index in [0.29, 0.717) is 42.0 Å². The number of nitrogens with zero attached hydrogens (tertiary/aromatic N) is 1. The van der Waals surface area contributed by atoms with Crippen LogP contribution in [-0.2, 0) is 20.7 Å². The summed E-state index contributed by atoms with van der Waals surface area (Å²) in [4.78, 5) is 65.0. The van der Waals surface area contributed by atoms with Crippen LogP contribution in [0.15, 0.2) is 59.4 Å². The number of aromatic amines is 3. The predicted octanol–water partition coefficient (Wildman–Crippen LogP) is 6.83. The van der Waals surface area contributed by atoms with E-state index >= 15 is 0 Å². The van der Waals surface area contributed by atoms with Gasteiger partial charge in [-0.15, -0.1) is 0 Å².